The van der Waals surface area contributed by atoms with E-state index in [-0.39, 0.29) is 0 Å². The van der Waals surface area contributed by atoms with Gasteiger partial charge in [0.1, 0.15) is 0 Å². The Hall–Kier alpha value is -3.07. The van der Waals surface area contributed by atoms with Crippen molar-refractivity contribution >= 4 is 23.4 Å². The second-order valence-electron chi connectivity index (χ2n) is 6.21. The van der Waals surface area contributed by atoms with Gasteiger partial charge < -0.3 is 29.9 Å². The first kappa shape index (κ1) is 18.7. The number of nitrogens with one attached hydrogen (secondary N) is 2. The number of carbonyl (C=O) groups excluding carboxylic acids is 1. The summed E-state index contributed by atoms with van der Waals surface area (Å²) >= 11 is 0. The molecule has 1 aromatic carbocycles. The SMILES string of the molecule is COc1ccc(NC(=O)Nc2cnc(N3CCN(C)CC3)nc2)cc1OC. The lowest BCUT2D eigenvalue weighted by atomic mass is 10.3. The molecule has 0 unspecified atom stereocenters. The van der Waals surface area contributed by atoms with Crippen LogP contribution in [0.1, 0.15) is 0 Å². The molecule has 1 aliphatic rings. The van der Waals surface area contributed by atoms with Crippen LogP contribution in [0.2, 0.25) is 0 Å². The Labute approximate surface area is 158 Å². The van der Waals surface area contributed by atoms with Gasteiger partial charge >= 0.3 is 6.03 Å². The third-order valence-electron chi connectivity index (χ3n) is 4.32. The molecule has 3 rings (SSSR count). The van der Waals surface area contributed by atoms with Gasteiger partial charge in [0, 0.05) is 37.9 Å². The Morgan fingerprint density at radius 2 is 1.59 bits per heavy atom. The van der Waals surface area contributed by atoms with Crippen LogP contribution in [-0.4, -0.2) is 68.3 Å². The summed E-state index contributed by atoms with van der Waals surface area (Å²) in [5.41, 5.74) is 1.10. The zero-order chi connectivity index (χ0) is 19.2. The van der Waals surface area contributed by atoms with Gasteiger partial charge in [-0.25, -0.2) is 14.8 Å². The molecule has 9 nitrogen and oxygen atoms in total. The number of piperazine rings is 1. The number of aromatic nitrogens is 2. The molecule has 0 radical (unpaired) electrons. The largest absolute Gasteiger partial charge is 0.493 e. The number of ether oxygens (including phenoxy) is 2. The fourth-order valence-electron chi connectivity index (χ4n) is 2.76. The number of carbonyl (C=O) groups is 1. The number of hydrogen-bond donors (Lipinski definition) is 2. The summed E-state index contributed by atoms with van der Waals surface area (Å²) in [5, 5.41) is 5.46. The number of anilines is 3. The van der Waals surface area contributed by atoms with E-state index in [9.17, 15) is 4.79 Å². The predicted molar refractivity (Wildman–Crippen MR) is 104 cm³/mol. The minimum atomic E-state index is -0.391. The van der Waals surface area contributed by atoms with Crippen molar-refractivity contribution in [2.75, 3.05) is 63.0 Å². The Morgan fingerprint density at radius 3 is 2.22 bits per heavy atom. The average molecular weight is 372 g/mol. The van der Waals surface area contributed by atoms with E-state index < -0.39 is 6.03 Å². The quantitative estimate of drug-likeness (QED) is 0.828. The second-order valence-corrected chi connectivity index (χ2v) is 6.21. The maximum absolute atomic E-state index is 12.2. The van der Waals surface area contributed by atoms with E-state index >= 15 is 0 Å². The third-order valence-corrected chi connectivity index (χ3v) is 4.32. The number of benzene rings is 1. The number of amides is 2. The van der Waals surface area contributed by atoms with E-state index in [2.05, 4.69) is 37.4 Å². The molecule has 2 aromatic rings. The zero-order valence-corrected chi connectivity index (χ0v) is 15.7. The molecule has 1 aromatic heterocycles. The Bertz CT molecular complexity index is 775. The van der Waals surface area contributed by atoms with Crippen LogP contribution >= 0.6 is 0 Å². The monoisotopic (exact) mass is 372 g/mol. The fourth-order valence-corrected chi connectivity index (χ4v) is 2.76. The molecule has 1 saturated heterocycles. The molecule has 2 amide bonds. The standard InChI is InChI=1S/C18H24N6O3/c1-23-6-8-24(9-7-23)17-19-11-14(12-20-17)22-18(25)21-13-4-5-15(26-2)16(10-13)27-3/h4-5,10-12H,6-9H2,1-3H3,(H2,21,22,25). The van der Waals surface area contributed by atoms with Gasteiger partial charge in [-0.3, -0.25) is 0 Å². The lowest BCUT2D eigenvalue weighted by molar-refractivity contribution is 0.262. The maximum atomic E-state index is 12.2. The van der Waals surface area contributed by atoms with Crippen molar-refractivity contribution in [3.8, 4) is 11.5 Å². The van der Waals surface area contributed by atoms with Gasteiger partial charge in [-0.15, -0.1) is 0 Å². The third kappa shape index (κ3) is 4.76. The summed E-state index contributed by atoms with van der Waals surface area (Å²) < 4.78 is 10.4. The minimum Gasteiger partial charge on any atom is -0.493 e. The molecule has 27 heavy (non-hydrogen) atoms. The topological polar surface area (TPSA) is 91.8 Å². The first-order valence-corrected chi connectivity index (χ1v) is 8.64. The highest BCUT2D eigenvalue weighted by molar-refractivity contribution is 5.99. The van der Waals surface area contributed by atoms with Crippen LogP contribution in [-0.2, 0) is 0 Å². The molecule has 0 bridgehead atoms. The molecule has 9 heteroatoms. The molecule has 0 aliphatic carbocycles. The summed E-state index contributed by atoms with van der Waals surface area (Å²) in [7, 11) is 5.20. The highest BCUT2D eigenvalue weighted by Gasteiger charge is 2.16. The van der Waals surface area contributed by atoms with Gasteiger partial charge in [-0.1, -0.05) is 0 Å². The molecule has 1 aliphatic heterocycles. The van der Waals surface area contributed by atoms with Crippen molar-refractivity contribution in [2.24, 2.45) is 0 Å². The van der Waals surface area contributed by atoms with Gasteiger partial charge in [-0.05, 0) is 19.2 Å². The van der Waals surface area contributed by atoms with E-state index in [1.54, 1.807) is 44.8 Å². The van der Waals surface area contributed by atoms with Gasteiger partial charge in [0.05, 0.1) is 32.3 Å². The van der Waals surface area contributed by atoms with Gasteiger partial charge in [-0.2, -0.15) is 0 Å². The van der Waals surface area contributed by atoms with Crippen molar-refractivity contribution in [2.45, 2.75) is 0 Å². The average Bonchev–Trinajstić information content (AvgIpc) is 2.69. The van der Waals surface area contributed by atoms with Crippen molar-refractivity contribution < 1.29 is 14.3 Å². The van der Waals surface area contributed by atoms with Crippen LogP contribution in [0.15, 0.2) is 30.6 Å². The van der Waals surface area contributed by atoms with E-state index in [0.717, 1.165) is 26.2 Å². The number of rotatable bonds is 5. The highest BCUT2D eigenvalue weighted by atomic mass is 16.5. The van der Waals surface area contributed by atoms with Crippen molar-refractivity contribution in [1.82, 2.24) is 14.9 Å². The summed E-state index contributed by atoms with van der Waals surface area (Å²) in [6.07, 6.45) is 3.21. The Kier molecular flexibility index (Phi) is 5.92. The smallest absolute Gasteiger partial charge is 0.323 e. The van der Waals surface area contributed by atoms with Crippen LogP contribution in [0.4, 0.5) is 22.1 Å². The van der Waals surface area contributed by atoms with E-state index in [4.69, 9.17) is 9.47 Å². The van der Waals surface area contributed by atoms with Gasteiger partial charge in [0.25, 0.3) is 0 Å². The van der Waals surface area contributed by atoms with Crippen molar-refractivity contribution in [1.29, 1.82) is 0 Å². The van der Waals surface area contributed by atoms with Crippen molar-refractivity contribution in [3.05, 3.63) is 30.6 Å². The molecule has 2 heterocycles. The number of hydrogen-bond acceptors (Lipinski definition) is 7. The first-order chi connectivity index (χ1) is 13.1. The summed E-state index contributed by atoms with van der Waals surface area (Å²) in [6.45, 7) is 3.75. The summed E-state index contributed by atoms with van der Waals surface area (Å²) in [6, 6.07) is 4.75. The molecular formula is C18H24N6O3. The molecule has 0 spiro atoms. The van der Waals surface area contributed by atoms with Crippen LogP contribution in [0.3, 0.4) is 0 Å². The van der Waals surface area contributed by atoms with E-state index in [0.29, 0.717) is 28.8 Å². The van der Waals surface area contributed by atoms with E-state index in [1.807, 2.05) is 0 Å². The molecule has 0 atom stereocenters. The van der Waals surface area contributed by atoms with Gasteiger partial charge in [0.2, 0.25) is 5.95 Å². The van der Waals surface area contributed by atoms with Crippen LogP contribution < -0.4 is 25.0 Å². The van der Waals surface area contributed by atoms with Crippen molar-refractivity contribution in [3.63, 3.8) is 0 Å². The van der Waals surface area contributed by atoms with Crippen LogP contribution in [0, 0.1) is 0 Å². The number of likely N-dealkylation sites (N-methyl/N-ethyl adjacent to an activating group) is 1. The zero-order valence-electron chi connectivity index (χ0n) is 15.7. The highest BCUT2D eigenvalue weighted by Crippen LogP contribution is 2.29. The number of methoxy groups -OCH3 is 2. The summed E-state index contributed by atoms with van der Waals surface area (Å²) in [5.74, 6) is 1.81. The Balaban J connectivity index is 1.58. The van der Waals surface area contributed by atoms with Crippen LogP contribution in [0.5, 0.6) is 11.5 Å². The molecule has 144 valence electrons. The fraction of sp³-hybridized carbons (Fsp3) is 0.389. The van der Waals surface area contributed by atoms with E-state index in [1.165, 1.54) is 0 Å². The summed E-state index contributed by atoms with van der Waals surface area (Å²) in [4.78, 5) is 25.3. The van der Waals surface area contributed by atoms with Crippen LogP contribution in [0.25, 0.3) is 0 Å². The molecule has 1 fully saturated rings. The molecular weight excluding hydrogens is 348 g/mol. The second kappa shape index (κ2) is 8.54. The minimum absolute atomic E-state index is 0.391. The number of urea groups is 1. The lowest BCUT2D eigenvalue weighted by Gasteiger charge is -2.32. The lowest BCUT2D eigenvalue weighted by Crippen LogP contribution is -2.45. The maximum Gasteiger partial charge on any atom is 0.323 e. The number of nitrogens with zero attached hydrogens (tertiary/aromatic N) is 4. The predicted octanol–water partition coefficient (Wildman–Crippen LogP) is 1.89. The normalized spacial score (nSPS) is 14.6. The van der Waals surface area contributed by atoms with Gasteiger partial charge in [0.15, 0.2) is 11.5 Å². The molecule has 0 saturated carbocycles. The Morgan fingerprint density at radius 1 is 0.963 bits per heavy atom. The first-order valence-electron chi connectivity index (χ1n) is 8.64. The molecule has 2 N–H and O–H groups in total.